The van der Waals surface area contributed by atoms with Crippen LogP contribution in [0.1, 0.15) is 58.1 Å². The van der Waals surface area contributed by atoms with E-state index in [1.807, 2.05) is 36.4 Å². The van der Waals surface area contributed by atoms with Crippen LogP contribution in [0.2, 0.25) is 0 Å². The van der Waals surface area contributed by atoms with Crippen molar-refractivity contribution in [2.45, 2.75) is 58.0 Å². The van der Waals surface area contributed by atoms with Crippen molar-refractivity contribution in [1.82, 2.24) is 10.2 Å². The van der Waals surface area contributed by atoms with Crippen molar-refractivity contribution < 1.29 is 24.2 Å². The number of fused-ring (bicyclic) bond motifs is 3. The number of ether oxygens (including phenoxy) is 1. The Morgan fingerprint density at radius 2 is 1.48 bits per heavy atom. The van der Waals surface area contributed by atoms with Gasteiger partial charge in [-0.05, 0) is 56.9 Å². The molecule has 3 rings (SSSR count). The van der Waals surface area contributed by atoms with Gasteiger partial charge in [0.05, 0.1) is 0 Å². The Balaban J connectivity index is 1.64. The third kappa shape index (κ3) is 5.02. The van der Waals surface area contributed by atoms with E-state index in [0.717, 1.165) is 22.3 Å². The van der Waals surface area contributed by atoms with Crippen molar-refractivity contribution in [2.24, 2.45) is 0 Å². The number of aliphatic carboxylic acids is 1. The summed E-state index contributed by atoms with van der Waals surface area (Å²) >= 11 is 0. The van der Waals surface area contributed by atoms with E-state index in [1.54, 1.807) is 20.8 Å². The fourth-order valence-electron chi connectivity index (χ4n) is 4.43. The first-order chi connectivity index (χ1) is 15.5. The molecule has 0 fully saturated rings. The largest absolute Gasteiger partial charge is 0.480 e. The average molecular weight is 453 g/mol. The molecule has 0 saturated heterocycles. The van der Waals surface area contributed by atoms with Crippen molar-refractivity contribution in [2.75, 3.05) is 13.2 Å². The molecule has 0 aliphatic heterocycles. The van der Waals surface area contributed by atoms with Crippen LogP contribution in [-0.2, 0) is 14.3 Å². The van der Waals surface area contributed by atoms with Crippen LogP contribution in [0.25, 0.3) is 11.1 Å². The molecule has 0 heterocycles. The Morgan fingerprint density at radius 3 is 1.97 bits per heavy atom. The second-order valence-corrected chi connectivity index (χ2v) is 9.51. The van der Waals surface area contributed by atoms with Crippen molar-refractivity contribution in [3.63, 3.8) is 0 Å². The summed E-state index contributed by atoms with van der Waals surface area (Å²) in [5.74, 6) is -1.49. The Kier molecular flexibility index (Phi) is 6.81. The number of nitrogens with one attached hydrogen (secondary N) is 1. The Hall–Kier alpha value is -3.35. The lowest BCUT2D eigenvalue weighted by Gasteiger charge is -2.36. The van der Waals surface area contributed by atoms with Gasteiger partial charge in [-0.15, -0.1) is 0 Å². The molecular weight excluding hydrogens is 420 g/mol. The summed E-state index contributed by atoms with van der Waals surface area (Å²) in [5.41, 5.74) is 2.28. The number of carboxylic acid groups (broad SMARTS) is 1. The molecule has 1 aliphatic carbocycles. The number of carbonyl (C=O) groups is 3. The molecule has 33 heavy (non-hydrogen) atoms. The van der Waals surface area contributed by atoms with Gasteiger partial charge < -0.3 is 20.1 Å². The molecule has 0 bridgehead atoms. The Bertz CT molecular complexity index is 1010. The number of carbonyl (C=O) groups excluding carboxylic acids is 2. The zero-order valence-electron chi connectivity index (χ0n) is 19.8. The van der Waals surface area contributed by atoms with Gasteiger partial charge in [-0.25, -0.2) is 9.59 Å². The monoisotopic (exact) mass is 452 g/mol. The van der Waals surface area contributed by atoms with Gasteiger partial charge in [-0.1, -0.05) is 48.5 Å². The zero-order chi connectivity index (χ0) is 24.4. The summed E-state index contributed by atoms with van der Waals surface area (Å²) in [7, 11) is 0. The lowest BCUT2D eigenvalue weighted by Crippen LogP contribution is -2.55. The summed E-state index contributed by atoms with van der Waals surface area (Å²) in [6.45, 7) is 8.57. The number of nitrogens with zero attached hydrogens (tertiary/aromatic N) is 1. The maximum absolute atomic E-state index is 12.8. The number of hydrogen-bond acceptors (Lipinski definition) is 4. The van der Waals surface area contributed by atoms with Gasteiger partial charge in [-0.3, -0.25) is 4.79 Å². The fraction of sp³-hybridized carbons (Fsp3) is 0.423. The molecular formula is C26H32N2O5. The summed E-state index contributed by atoms with van der Waals surface area (Å²) < 4.78 is 5.58. The maximum atomic E-state index is 12.8. The normalized spacial score (nSPS) is 13.1. The number of likely N-dealkylation sites (N-methyl/N-ethyl adjacent to an activating group) is 1. The van der Waals surface area contributed by atoms with E-state index in [-0.39, 0.29) is 31.4 Å². The third-order valence-electron chi connectivity index (χ3n) is 6.19. The lowest BCUT2D eigenvalue weighted by molar-refractivity contribution is -0.157. The number of hydrogen-bond donors (Lipinski definition) is 2. The second-order valence-electron chi connectivity index (χ2n) is 9.51. The molecule has 0 saturated carbocycles. The molecule has 2 N–H and O–H groups in total. The molecule has 0 atom stereocenters. The average Bonchev–Trinajstić information content (AvgIpc) is 3.05. The molecule has 2 aromatic carbocycles. The highest BCUT2D eigenvalue weighted by Gasteiger charge is 2.39. The number of carboxylic acids is 1. The quantitative estimate of drug-likeness (QED) is 0.619. The van der Waals surface area contributed by atoms with Gasteiger partial charge in [0.1, 0.15) is 12.1 Å². The van der Waals surface area contributed by atoms with Gasteiger partial charge in [0.25, 0.3) is 0 Å². The van der Waals surface area contributed by atoms with E-state index in [1.165, 1.54) is 18.7 Å². The van der Waals surface area contributed by atoms with E-state index >= 15 is 0 Å². The van der Waals surface area contributed by atoms with Gasteiger partial charge in [0.15, 0.2) is 0 Å². The van der Waals surface area contributed by atoms with Crippen LogP contribution in [0.3, 0.4) is 0 Å². The first kappa shape index (κ1) is 24.3. The molecule has 2 aromatic rings. The molecule has 0 spiro atoms. The van der Waals surface area contributed by atoms with E-state index in [0.29, 0.717) is 0 Å². The van der Waals surface area contributed by atoms with Crippen LogP contribution in [0.5, 0.6) is 0 Å². The van der Waals surface area contributed by atoms with Crippen molar-refractivity contribution in [3.05, 3.63) is 59.7 Å². The first-order valence-corrected chi connectivity index (χ1v) is 11.1. The predicted molar refractivity (Wildman–Crippen MR) is 126 cm³/mol. The van der Waals surface area contributed by atoms with Gasteiger partial charge in [0.2, 0.25) is 5.91 Å². The van der Waals surface area contributed by atoms with Gasteiger partial charge in [0, 0.05) is 24.4 Å². The van der Waals surface area contributed by atoms with Gasteiger partial charge >= 0.3 is 12.1 Å². The van der Waals surface area contributed by atoms with Crippen LogP contribution in [-0.4, -0.2) is 52.2 Å². The number of alkyl carbamates (subject to hydrolysis) is 1. The Morgan fingerprint density at radius 1 is 0.970 bits per heavy atom. The van der Waals surface area contributed by atoms with E-state index in [9.17, 15) is 19.5 Å². The molecule has 7 nitrogen and oxygen atoms in total. The second kappa shape index (κ2) is 9.25. The topological polar surface area (TPSA) is 95.9 Å². The lowest BCUT2D eigenvalue weighted by atomic mass is 9.96. The SMILES string of the molecule is CCN(C(=O)CC(C)(C)NC(=O)OCC1c2ccccc2-c2ccccc21)C(C)(C)C(=O)O. The van der Waals surface area contributed by atoms with Crippen LogP contribution in [0, 0.1) is 0 Å². The fourth-order valence-corrected chi connectivity index (χ4v) is 4.43. The highest BCUT2D eigenvalue weighted by molar-refractivity contribution is 5.87. The highest BCUT2D eigenvalue weighted by Crippen LogP contribution is 2.44. The predicted octanol–water partition coefficient (Wildman–Crippen LogP) is 4.41. The zero-order valence-corrected chi connectivity index (χ0v) is 19.8. The smallest absolute Gasteiger partial charge is 0.407 e. The van der Waals surface area contributed by atoms with Crippen molar-refractivity contribution >= 4 is 18.0 Å². The van der Waals surface area contributed by atoms with Crippen LogP contribution < -0.4 is 5.32 Å². The van der Waals surface area contributed by atoms with E-state index < -0.39 is 23.1 Å². The summed E-state index contributed by atoms with van der Waals surface area (Å²) in [4.78, 5) is 38.3. The van der Waals surface area contributed by atoms with Crippen molar-refractivity contribution in [1.29, 1.82) is 0 Å². The number of rotatable bonds is 8. The van der Waals surface area contributed by atoms with Crippen LogP contribution >= 0.6 is 0 Å². The van der Waals surface area contributed by atoms with E-state index in [2.05, 4.69) is 17.4 Å². The molecule has 176 valence electrons. The minimum Gasteiger partial charge on any atom is -0.480 e. The molecule has 0 unspecified atom stereocenters. The standard InChI is InChI=1S/C26H32N2O5/c1-6-28(26(4,5)23(30)31)22(29)15-25(2,3)27-24(32)33-16-21-19-13-9-7-11-17(19)18-12-8-10-14-20(18)21/h7-14,21H,6,15-16H2,1-5H3,(H,27,32)(H,30,31). The Labute approximate surface area is 194 Å². The molecule has 7 heteroatoms. The minimum atomic E-state index is -1.34. The summed E-state index contributed by atoms with van der Waals surface area (Å²) in [6, 6.07) is 16.2. The first-order valence-electron chi connectivity index (χ1n) is 11.1. The number of amides is 2. The molecule has 2 amide bonds. The molecule has 1 aliphatic rings. The number of benzene rings is 2. The maximum Gasteiger partial charge on any atom is 0.407 e. The van der Waals surface area contributed by atoms with E-state index in [4.69, 9.17) is 4.74 Å². The van der Waals surface area contributed by atoms with Crippen LogP contribution in [0.15, 0.2) is 48.5 Å². The van der Waals surface area contributed by atoms with Crippen LogP contribution in [0.4, 0.5) is 4.79 Å². The summed E-state index contributed by atoms with van der Waals surface area (Å²) in [5, 5.41) is 12.2. The van der Waals surface area contributed by atoms with Gasteiger partial charge in [-0.2, -0.15) is 0 Å². The molecule has 0 aromatic heterocycles. The summed E-state index contributed by atoms with van der Waals surface area (Å²) in [6.07, 6.45) is -0.669. The third-order valence-corrected chi connectivity index (χ3v) is 6.19. The highest BCUT2D eigenvalue weighted by atomic mass is 16.5. The van der Waals surface area contributed by atoms with Crippen molar-refractivity contribution in [3.8, 4) is 11.1 Å². The minimum absolute atomic E-state index is 0.0538. The molecule has 0 radical (unpaired) electrons.